The highest BCUT2D eigenvalue weighted by Gasteiger charge is 1.90. The van der Waals surface area contributed by atoms with Gasteiger partial charge in [0.25, 0.3) is 0 Å². The van der Waals surface area contributed by atoms with Crippen LogP contribution in [0, 0.1) is 0 Å². The van der Waals surface area contributed by atoms with Crippen molar-refractivity contribution in [2.75, 3.05) is 12.3 Å². The van der Waals surface area contributed by atoms with E-state index < -0.39 is 0 Å². The molecule has 6 heteroatoms. The molecule has 0 heterocycles. The van der Waals surface area contributed by atoms with Crippen LogP contribution in [0.3, 0.4) is 0 Å². The van der Waals surface area contributed by atoms with Crippen LogP contribution in [0.1, 0.15) is 7.43 Å². The maximum absolute atomic E-state index is 9.58. The first-order valence-corrected chi connectivity index (χ1v) is 4.42. The summed E-state index contributed by atoms with van der Waals surface area (Å²) in [4.78, 5) is 19.1. The zero-order valence-electron chi connectivity index (χ0n) is 6.59. The lowest BCUT2D eigenvalue weighted by Gasteiger charge is -1.90. The average molecular weight is 226 g/mol. The van der Waals surface area contributed by atoms with Gasteiger partial charge in [-0.1, -0.05) is 7.43 Å². The molecule has 80 valence electrons. The van der Waals surface area contributed by atoms with Crippen molar-refractivity contribution in [1.82, 2.24) is 0 Å². The molecule has 0 aliphatic rings. The summed E-state index contributed by atoms with van der Waals surface area (Å²) in [5, 5.41) is -0.273. The lowest BCUT2D eigenvalue weighted by molar-refractivity contribution is -0.108. The van der Waals surface area contributed by atoms with Gasteiger partial charge in [0.15, 0.2) is 0 Å². The highest BCUT2D eigenvalue weighted by molar-refractivity contribution is 7.81. The summed E-state index contributed by atoms with van der Waals surface area (Å²) in [6, 6.07) is -0.381. The van der Waals surface area contributed by atoms with Gasteiger partial charge in [-0.2, -0.15) is 25.3 Å². The van der Waals surface area contributed by atoms with E-state index in [9.17, 15) is 9.59 Å². The van der Waals surface area contributed by atoms with Gasteiger partial charge in [-0.15, -0.1) is 0 Å². The van der Waals surface area contributed by atoms with Crippen molar-refractivity contribution in [2.45, 2.75) is 18.7 Å². The van der Waals surface area contributed by atoms with Crippen molar-refractivity contribution in [3.05, 3.63) is 0 Å². The van der Waals surface area contributed by atoms with Gasteiger partial charge in [-0.3, -0.25) is 0 Å². The summed E-state index contributed by atoms with van der Waals surface area (Å²) in [6.45, 7) is 0.326. The summed E-state index contributed by atoms with van der Waals surface area (Å²) in [7, 11) is 0. The third-order valence-corrected chi connectivity index (χ3v) is 1.54. The number of nitrogens with two attached hydrogens (primary N) is 2. The second-order valence-electron chi connectivity index (χ2n) is 1.92. The van der Waals surface area contributed by atoms with Crippen molar-refractivity contribution < 1.29 is 9.59 Å². The second-order valence-corrected chi connectivity index (χ2v) is 2.95. The second kappa shape index (κ2) is 14.5. The Kier molecular flexibility index (Phi) is 20.8. The Labute approximate surface area is 90.3 Å². The fourth-order valence-electron chi connectivity index (χ4n) is 0.0986. The van der Waals surface area contributed by atoms with Crippen LogP contribution in [-0.2, 0) is 9.59 Å². The lowest BCUT2D eigenvalue weighted by atomic mass is 10.4. The van der Waals surface area contributed by atoms with Gasteiger partial charge < -0.3 is 21.1 Å². The summed E-state index contributed by atoms with van der Waals surface area (Å²) in [6.07, 6.45) is 1.39. The number of carbonyl (C=O) groups excluding carboxylic acids is 2. The highest BCUT2D eigenvalue weighted by Crippen LogP contribution is 1.81. The van der Waals surface area contributed by atoms with Crippen LogP contribution in [0.2, 0.25) is 0 Å². The number of aldehydes is 2. The zero-order chi connectivity index (χ0) is 9.98. The van der Waals surface area contributed by atoms with E-state index in [1.165, 1.54) is 0 Å². The van der Waals surface area contributed by atoms with E-state index in [1.807, 2.05) is 0 Å². The molecule has 0 aromatic heterocycles. The molecule has 0 saturated heterocycles. The van der Waals surface area contributed by atoms with Crippen LogP contribution < -0.4 is 11.5 Å². The molecule has 0 spiro atoms. The van der Waals surface area contributed by atoms with Gasteiger partial charge in [0.2, 0.25) is 0 Å². The molecule has 0 fully saturated rings. The van der Waals surface area contributed by atoms with E-state index in [4.69, 9.17) is 11.5 Å². The molecule has 13 heavy (non-hydrogen) atoms. The van der Waals surface area contributed by atoms with Gasteiger partial charge in [-0.05, 0) is 0 Å². The molecule has 0 bridgehead atoms. The van der Waals surface area contributed by atoms with Crippen molar-refractivity contribution in [2.24, 2.45) is 11.5 Å². The molecule has 0 amide bonds. The zero-order valence-corrected chi connectivity index (χ0v) is 8.38. The number of hydrogen-bond donors (Lipinski definition) is 4. The molecule has 2 atom stereocenters. The predicted octanol–water partition coefficient (Wildman–Crippen LogP) is -0.479. The number of thiol groups is 2. The third kappa shape index (κ3) is 18.7. The Morgan fingerprint density at radius 3 is 1.77 bits per heavy atom. The molecule has 4 nitrogen and oxygen atoms in total. The van der Waals surface area contributed by atoms with E-state index in [0.29, 0.717) is 24.9 Å². The number of rotatable bonds is 4. The van der Waals surface area contributed by atoms with Gasteiger partial charge in [-0.25, -0.2) is 0 Å². The normalized spacial score (nSPS) is 12.6. The van der Waals surface area contributed by atoms with Gasteiger partial charge in [0, 0.05) is 12.3 Å². The summed E-state index contributed by atoms with van der Waals surface area (Å²) < 4.78 is 0. The van der Waals surface area contributed by atoms with Crippen LogP contribution in [0.5, 0.6) is 0 Å². The predicted molar refractivity (Wildman–Crippen MR) is 62.5 cm³/mol. The van der Waals surface area contributed by atoms with E-state index in [-0.39, 0.29) is 18.7 Å². The Bertz CT molecular complexity index is 111. The van der Waals surface area contributed by atoms with Crippen molar-refractivity contribution in [1.29, 1.82) is 0 Å². The van der Waals surface area contributed by atoms with Gasteiger partial charge >= 0.3 is 0 Å². The summed E-state index contributed by atoms with van der Waals surface area (Å²) >= 11 is 7.48. The average Bonchev–Trinajstić information content (AvgIpc) is 2.16. The lowest BCUT2D eigenvalue weighted by Crippen LogP contribution is -2.22. The molecule has 0 aliphatic heterocycles. The smallest absolute Gasteiger partial charge is 0.137 e. The molecule has 0 aliphatic carbocycles. The largest absolute Gasteiger partial charge is 0.329 e. The molecule has 0 saturated carbocycles. The van der Waals surface area contributed by atoms with Crippen LogP contribution in [0.25, 0.3) is 0 Å². The topological polar surface area (TPSA) is 86.2 Å². The molecular weight excluding hydrogens is 208 g/mol. The summed E-state index contributed by atoms with van der Waals surface area (Å²) in [5.74, 6) is 0.434. The van der Waals surface area contributed by atoms with Gasteiger partial charge in [0.05, 0.1) is 11.3 Å². The highest BCUT2D eigenvalue weighted by atomic mass is 32.1. The first kappa shape index (κ1) is 18.7. The first-order chi connectivity index (χ1) is 5.62. The molecule has 4 N–H and O–H groups in total. The third-order valence-electron chi connectivity index (χ3n) is 0.784. The SMILES string of the molecule is C.NC(C=O)CS.NCC(S)C=O. The molecular formula is C7H18N2O2S2. The Morgan fingerprint density at radius 1 is 1.31 bits per heavy atom. The fourth-order valence-corrected chi connectivity index (χ4v) is 0.185. The van der Waals surface area contributed by atoms with E-state index >= 15 is 0 Å². The summed E-state index contributed by atoms with van der Waals surface area (Å²) in [5.41, 5.74) is 10.0. The molecule has 2 unspecified atom stereocenters. The maximum atomic E-state index is 9.58. The van der Waals surface area contributed by atoms with Crippen LogP contribution in [0.15, 0.2) is 0 Å². The van der Waals surface area contributed by atoms with E-state index in [1.54, 1.807) is 0 Å². The number of carbonyl (C=O) groups is 2. The van der Waals surface area contributed by atoms with E-state index in [0.717, 1.165) is 0 Å². The molecule has 0 radical (unpaired) electrons. The van der Waals surface area contributed by atoms with Crippen LogP contribution in [0.4, 0.5) is 0 Å². The van der Waals surface area contributed by atoms with Crippen LogP contribution in [-0.4, -0.2) is 36.2 Å². The number of hydrogen-bond acceptors (Lipinski definition) is 6. The van der Waals surface area contributed by atoms with Crippen LogP contribution >= 0.6 is 25.3 Å². The fraction of sp³-hybridized carbons (Fsp3) is 0.714. The molecule has 0 rings (SSSR count). The quantitative estimate of drug-likeness (QED) is 0.385. The standard InChI is InChI=1S/2C3H7NOS.CH4/c4-3(1-5)2-6;4-1-3(6)2-5;/h1,3,6H,2,4H2;2-3,6H,1,4H2;1H4. The first-order valence-electron chi connectivity index (χ1n) is 3.27. The van der Waals surface area contributed by atoms with Crippen molar-refractivity contribution in [3.63, 3.8) is 0 Å². The Hall–Kier alpha value is -0.0400. The Balaban J connectivity index is -0.000000143. The Morgan fingerprint density at radius 2 is 1.77 bits per heavy atom. The van der Waals surface area contributed by atoms with Gasteiger partial charge in [0.1, 0.15) is 12.6 Å². The minimum absolute atomic E-state index is 0. The van der Waals surface area contributed by atoms with Crippen molar-refractivity contribution in [3.8, 4) is 0 Å². The van der Waals surface area contributed by atoms with E-state index in [2.05, 4.69) is 25.3 Å². The molecule has 0 aromatic rings. The minimum Gasteiger partial charge on any atom is -0.329 e. The molecule has 0 aromatic carbocycles. The van der Waals surface area contributed by atoms with Crippen molar-refractivity contribution >= 4 is 37.8 Å². The minimum atomic E-state index is -0.381. The maximum Gasteiger partial charge on any atom is 0.137 e. The monoisotopic (exact) mass is 226 g/mol.